The second-order valence-corrected chi connectivity index (χ2v) is 3.22. The van der Waals surface area contributed by atoms with Crippen molar-refractivity contribution in [1.29, 1.82) is 0 Å². The summed E-state index contributed by atoms with van der Waals surface area (Å²) in [5.41, 5.74) is 1.08. The molecule has 1 aromatic heterocycles. The zero-order chi connectivity index (χ0) is 10.7. The molecule has 0 bridgehead atoms. The molecule has 1 heterocycles. The van der Waals surface area contributed by atoms with E-state index in [0.29, 0.717) is 12.3 Å². The number of rotatable bonds is 3. The van der Waals surface area contributed by atoms with Crippen molar-refractivity contribution in [3.05, 3.63) is 47.7 Å². The minimum atomic E-state index is -0.207. The fourth-order valence-electron chi connectivity index (χ4n) is 1.24. The predicted octanol–water partition coefficient (Wildman–Crippen LogP) is 1.86. The summed E-state index contributed by atoms with van der Waals surface area (Å²) in [6, 6.07) is 9.77. The molecule has 76 valence electrons. The Labute approximate surface area is 86.9 Å². The van der Waals surface area contributed by atoms with E-state index in [9.17, 15) is 4.79 Å². The van der Waals surface area contributed by atoms with Gasteiger partial charge in [0.25, 0.3) is 5.89 Å². The SMILES string of the molecule is CC(=O)c1nnc(Cc2ccccc2)o1. The van der Waals surface area contributed by atoms with Crippen LogP contribution >= 0.6 is 0 Å². The molecule has 1 aromatic carbocycles. The average molecular weight is 202 g/mol. The molecule has 0 saturated heterocycles. The Morgan fingerprint density at radius 2 is 2.00 bits per heavy atom. The van der Waals surface area contributed by atoms with Gasteiger partial charge in [0.1, 0.15) is 0 Å². The predicted molar refractivity (Wildman–Crippen MR) is 53.6 cm³/mol. The van der Waals surface area contributed by atoms with E-state index in [-0.39, 0.29) is 11.7 Å². The standard InChI is InChI=1S/C11H10N2O2/c1-8(14)11-13-12-10(15-11)7-9-5-3-2-4-6-9/h2-6H,7H2,1H3. The normalized spacial score (nSPS) is 10.2. The van der Waals surface area contributed by atoms with E-state index < -0.39 is 0 Å². The zero-order valence-electron chi connectivity index (χ0n) is 8.30. The molecule has 4 nitrogen and oxygen atoms in total. The summed E-state index contributed by atoms with van der Waals surface area (Å²) in [4.78, 5) is 10.9. The second-order valence-electron chi connectivity index (χ2n) is 3.22. The minimum absolute atomic E-state index is 0.0703. The molecule has 2 aromatic rings. The largest absolute Gasteiger partial charge is 0.418 e. The van der Waals surface area contributed by atoms with Crippen molar-refractivity contribution in [3.8, 4) is 0 Å². The van der Waals surface area contributed by atoms with Crippen molar-refractivity contribution in [2.24, 2.45) is 0 Å². The van der Waals surface area contributed by atoms with Gasteiger partial charge in [-0.05, 0) is 5.56 Å². The maximum atomic E-state index is 10.9. The first-order valence-corrected chi connectivity index (χ1v) is 4.63. The van der Waals surface area contributed by atoms with Gasteiger partial charge in [0.05, 0.1) is 6.42 Å². The van der Waals surface area contributed by atoms with Crippen LogP contribution in [0.1, 0.15) is 29.1 Å². The van der Waals surface area contributed by atoms with Crippen LogP contribution in [0.25, 0.3) is 0 Å². The van der Waals surface area contributed by atoms with E-state index in [0.717, 1.165) is 5.56 Å². The van der Waals surface area contributed by atoms with Crippen LogP contribution in [0.2, 0.25) is 0 Å². The van der Waals surface area contributed by atoms with E-state index in [2.05, 4.69) is 10.2 Å². The van der Waals surface area contributed by atoms with Gasteiger partial charge < -0.3 is 4.42 Å². The lowest BCUT2D eigenvalue weighted by Crippen LogP contribution is -1.90. The van der Waals surface area contributed by atoms with Crippen molar-refractivity contribution in [3.63, 3.8) is 0 Å². The molecule has 0 fully saturated rings. The lowest BCUT2D eigenvalue weighted by Gasteiger charge is -1.94. The molecule has 0 radical (unpaired) electrons. The molecule has 2 rings (SSSR count). The Balaban J connectivity index is 2.15. The van der Waals surface area contributed by atoms with Crippen LogP contribution in [0.4, 0.5) is 0 Å². The number of Topliss-reactive ketones (excluding diaryl/α,β-unsaturated/α-hetero) is 1. The van der Waals surface area contributed by atoms with Gasteiger partial charge in [-0.1, -0.05) is 30.3 Å². The van der Waals surface area contributed by atoms with Gasteiger partial charge in [-0.15, -0.1) is 10.2 Å². The fraction of sp³-hybridized carbons (Fsp3) is 0.182. The zero-order valence-corrected chi connectivity index (χ0v) is 8.30. The summed E-state index contributed by atoms with van der Waals surface area (Å²) in [6.07, 6.45) is 0.557. The summed E-state index contributed by atoms with van der Waals surface area (Å²) < 4.78 is 5.18. The van der Waals surface area contributed by atoms with E-state index in [4.69, 9.17) is 4.42 Å². The van der Waals surface area contributed by atoms with Crippen LogP contribution in [-0.2, 0) is 6.42 Å². The van der Waals surface area contributed by atoms with Crippen LogP contribution in [0.3, 0.4) is 0 Å². The highest BCUT2D eigenvalue weighted by molar-refractivity contribution is 5.89. The van der Waals surface area contributed by atoms with E-state index in [1.54, 1.807) is 0 Å². The minimum Gasteiger partial charge on any atom is -0.418 e. The fourth-order valence-corrected chi connectivity index (χ4v) is 1.24. The Kier molecular flexibility index (Phi) is 2.58. The van der Waals surface area contributed by atoms with Crippen LogP contribution < -0.4 is 0 Å². The molecule has 0 aliphatic heterocycles. The van der Waals surface area contributed by atoms with Crippen molar-refractivity contribution in [1.82, 2.24) is 10.2 Å². The average Bonchev–Trinajstić information content (AvgIpc) is 2.68. The summed E-state index contributed by atoms with van der Waals surface area (Å²) >= 11 is 0. The lowest BCUT2D eigenvalue weighted by molar-refractivity contribution is 0.0979. The van der Waals surface area contributed by atoms with Crippen molar-refractivity contribution in [2.75, 3.05) is 0 Å². The first-order chi connectivity index (χ1) is 7.25. The first-order valence-electron chi connectivity index (χ1n) is 4.63. The summed E-state index contributed by atoms with van der Waals surface area (Å²) in [5.74, 6) is 0.328. The van der Waals surface area contributed by atoms with Crippen LogP contribution in [0.15, 0.2) is 34.7 Å². The molecule has 0 saturated carbocycles. The number of nitrogens with zero attached hydrogens (tertiary/aromatic N) is 2. The molecule has 0 atom stereocenters. The van der Waals surface area contributed by atoms with E-state index >= 15 is 0 Å². The molecule has 4 heteroatoms. The molecular formula is C11H10N2O2. The molecule has 0 N–H and O–H groups in total. The van der Waals surface area contributed by atoms with Crippen LogP contribution in [0.5, 0.6) is 0 Å². The van der Waals surface area contributed by atoms with Crippen molar-refractivity contribution >= 4 is 5.78 Å². The van der Waals surface area contributed by atoms with Gasteiger partial charge in [0.15, 0.2) is 0 Å². The van der Waals surface area contributed by atoms with Crippen molar-refractivity contribution in [2.45, 2.75) is 13.3 Å². The third-order valence-corrected chi connectivity index (χ3v) is 1.97. The number of benzene rings is 1. The topological polar surface area (TPSA) is 56.0 Å². The molecule has 0 aliphatic rings. The van der Waals surface area contributed by atoms with Gasteiger partial charge in [-0.3, -0.25) is 4.79 Å². The van der Waals surface area contributed by atoms with Crippen LogP contribution in [0, 0.1) is 0 Å². The maximum Gasteiger partial charge on any atom is 0.283 e. The van der Waals surface area contributed by atoms with E-state index in [1.165, 1.54) is 6.92 Å². The third-order valence-electron chi connectivity index (χ3n) is 1.97. The quantitative estimate of drug-likeness (QED) is 0.713. The maximum absolute atomic E-state index is 10.9. The van der Waals surface area contributed by atoms with E-state index in [1.807, 2.05) is 30.3 Å². The van der Waals surface area contributed by atoms with Gasteiger partial charge in [0, 0.05) is 6.92 Å². The molecule has 0 spiro atoms. The number of aromatic nitrogens is 2. The Morgan fingerprint density at radius 3 is 2.60 bits per heavy atom. The lowest BCUT2D eigenvalue weighted by atomic mass is 10.2. The van der Waals surface area contributed by atoms with Gasteiger partial charge >= 0.3 is 0 Å². The summed E-state index contributed by atoms with van der Waals surface area (Å²) in [6.45, 7) is 1.40. The number of carbonyl (C=O) groups is 1. The highest BCUT2D eigenvalue weighted by atomic mass is 16.4. The number of hydrogen-bond donors (Lipinski definition) is 0. The first kappa shape index (κ1) is 9.58. The van der Waals surface area contributed by atoms with Crippen LogP contribution in [-0.4, -0.2) is 16.0 Å². The Bertz CT molecular complexity index is 462. The van der Waals surface area contributed by atoms with Gasteiger partial charge in [0.2, 0.25) is 11.7 Å². The molecule has 0 unspecified atom stereocenters. The number of ketones is 1. The number of hydrogen-bond acceptors (Lipinski definition) is 4. The molecule has 0 amide bonds. The monoisotopic (exact) mass is 202 g/mol. The molecule has 0 aliphatic carbocycles. The Hall–Kier alpha value is -1.97. The molecule has 15 heavy (non-hydrogen) atoms. The molecular weight excluding hydrogens is 192 g/mol. The van der Waals surface area contributed by atoms with Crippen molar-refractivity contribution < 1.29 is 9.21 Å². The smallest absolute Gasteiger partial charge is 0.283 e. The second kappa shape index (κ2) is 4.04. The Morgan fingerprint density at radius 1 is 1.27 bits per heavy atom. The van der Waals surface area contributed by atoms with Gasteiger partial charge in [-0.25, -0.2) is 0 Å². The highest BCUT2D eigenvalue weighted by Crippen LogP contribution is 2.08. The van der Waals surface area contributed by atoms with Gasteiger partial charge in [-0.2, -0.15) is 0 Å². The number of carbonyl (C=O) groups excluding carboxylic acids is 1. The summed E-state index contributed by atoms with van der Waals surface area (Å²) in [7, 11) is 0. The summed E-state index contributed by atoms with van der Waals surface area (Å²) in [5, 5.41) is 7.44. The highest BCUT2D eigenvalue weighted by Gasteiger charge is 2.09. The third kappa shape index (κ3) is 2.28.